The normalized spacial score (nSPS) is 17.1. The van der Waals surface area contributed by atoms with Crippen molar-refractivity contribution in [3.63, 3.8) is 0 Å². The monoisotopic (exact) mass is 214 g/mol. The highest BCUT2D eigenvalue weighted by Gasteiger charge is 2.19. The van der Waals surface area contributed by atoms with Crippen molar-refractivity contribution >= 4 is 19.6 Å². The minimum Gasteiger partial charge on any atom is -0.382 e. The van der Waals surface area contributed by atoms with Crippen LogP contribution in [0.15, 0.2) is 6.33 Å². The number of nitriles is 1. The highest BCUT2D eigenvalue weighted by atomic mass is 15.3. The Kier molecular flexibility index (Phi) is 2.92. The first-order chi connectivity index (χ1) is 7.72. The van der Waals surface area contributed by atoms with Crippen molar-refractivity contribution in [2.75, 3.05) is 36.8 Å². The van der Waals surface area contributed by atoms with Gasteiger partial charge in [-0.25, -0.2) is 9.97 Å². The fourth-order valence-corrected chi connectivity index (χ4v) is 1.67. The minimum absolute atomic E-state index is 0.225. The van der Waals surface area contributed by atoms with Crippen LogP contribution in [0.5, 0.6) is 0 Å². The lowest BCUT2D eigenvalue weighted by molar-refractivity contribution is 0.413. The zero-order chi connectivity index (χ0) is 11.5. The second-order valence-corrected chi connectivity index (χ2v) is 3.59. The molecule has 0 atom stereocenters. The molecule has 1 aromatic heterocycles. The average Bonchev–Trinajstić information content (AvgIpc) is 2.30. The Hall–Kier alpha value is -1.81. The summed E-state index contributed by atoms with van der Waals surface area (Å²) < 4.78 is 0. The van der Waals surface area contributed by atoms with E-state index in [2.05, 4.69) is 9.97 Å². The molecule has 80 valence electrons. The molecule has 0 spiro atoms. The first kappa shape index (κ1) is 10.7. The number of rotatable bonds is 1. The molecular formula is C9H11BN6. The van der Waals surface area contributed by atoms with E-state index in [1.165, 1.54) is 6.33 Å². The van der Waals surface area contributed by atoms with Gasteiger partial charge in [-0.15, -0.1) is 0 Å². The van der Waals surface area contributed by atoms with E-state index >= 15 is 0 Å². The van der Waals surface area contributed by atoms with Crippen LogP contribution < -0.4 is 10.6 Å². The van der Waals surface area contributed by atoms with E-state index in [9.17, 15) is 0 Å². The highest BCUT2D eigenvalue weighted by Crippen LogP contribution is 2.20. The Bertz CT molecular complexity index is 420. The summed E-state index contributed by atoms with van der Waals surface area (Å²) in [6.07, 6.45) is 1.38. The van der Waals surface area contributed by atoms with E-state index in [1.54, 1.807) is 4.81 Å². The van der Waals surface area contributed by atoms with Crippen molar-refractivity contribution in [3.8, 4) is 6.07 Å². The summed E-state index contributed by atoms with van der Waals surface area (Å²) in [5.74, 6) is 0.825. The van der Waals surface area contributed by atoms with Crippen LogP contribution in [0.2, 0.25) is 0 Å². The molecule has 0 amide bonds. The van der Waals surface area contributed by atoms with Gasteiger partial charge >= 0.3 is 0 Å². The number of anilines is 2. The maximum Gasteiger partial charge on any atom is 0.182 e. The first-order valence-corrected chi connectivity index (χ1v) is 4.97. The van der Waals surface area contributed by atoms with Crippen LogP contribution in [-0.2, 0) is 0 Å². The van der Waals surface area contributed by atoms with Crippen molar-refractivity contribution < 1.29 is 0 Å². The molecule has 0 saturated carbocycles. The van der Waals surface area contributed by atoms with Crippen LogP contribution in [0, 0.1) is 11.3 Å². The van der Waals surface area contributed by atoms with Crippen LogP contribution in [0.25, 0.3) is 0 Å². The fourth-order valence-electron chi connectivity index (χ4n) is 1.67. The zero-order valence-electron chi connectivity index (χ0n) is 8.80. The van der Waals surface area contributed by atoms with E-state index in [0.717, 1.165) is 26.2 Å². The van der Waals surface area contributed by atoms with Crippen LogP contribution in [0.3, 0.4) is 0 Å². The van der Waals surface area contributed by atoms with Gasteiger partial charge in [-0.05, 0) is 0 Å². The Labute approximate surface area is 95.1 Å². The number of aromatic nitrogens is 2. The zero-order valence-corrected chi connectivity index (χ0v) is 8.80. The topological polar surface area (TPSA) is 82.1 Å². The molecular weight excluding hydrogens is 203 g/mol. The van der Waals surface area contributed by atoms with Crippen LogP contribution in [0.4, 0.5) is 11.6 Å². The molecule has 0 aliphatic carbocycles. The third kappa shape index (κ3) is 1.92. The van der Waals surface area contributed by atoms with E-state index < -0.39 is 0 Å². The van der Waals surface area contributed by atoms with Gasteiger partial charge in [0.15, 0.2) is 13.8 Å². The molecule has 1 saturated heterocycles. The Morgan fingerprint density at radius 2 is 2.00 bits per heavy atom. The van der Waals surface area contributed by atoms with Gasteiger partial charge in [0.05, 0.1) is 0 Å². The molecule has 2 rings (SSSR count). The number of hydrogen-bond donors (Lipinski definition) is 1. The summed E-state index contributed by atoms with van der Waals surface area (Å²) in [7, 11) is 5.66. The molecule has 2 radical (unpaired) electrons. The van der Waals surface area contributed by atoms with E-state index in [4.69, 9.17) is 19.0 Å². The predicted octanol–water partition coefficient (Wildman–Crippen LogP) is -0.864. The van der Waals surface area contributed by atoms with E-state index in [-0.39, 0.29) is 5.82 Å². The van der Waals surface area contributed by atoms with Gasteiger partial charge in [-0.1, -0.05) is 0 Å². The molecule has 1 aliphatic rings. The molecule has 16 heavy (non-hydrogen) atoms. The minimum atomic E-state index is 0.225. The van der Waals surface area contributed by atoms with Crippen molar-refractivity contribution in [1.29, 1.82) is 5.26 Å². The summed E-state index contributed by atoms with van der Waals surface area (Å²) in [6, 6.07) is 2.04. The van der Waals surface area contributed by atoms with Gasteiger partial charge in [-0.2, -0.15) is 5.26 Å². The Morgan fingerprint density at radius 3 is 2.62 bits per heavy atom. The van der Waals surface area contributed by atoms with Crippen molar-refractivity contribution in [2.45, 2.75) is 0 Å². The SMILES string of the molecule is [B]N1CCN(c2ncnc(N)c2C#N)CC1. The van der Waals surface area contributed by atoms with Crippen molar-refractivity contribution in [1.82, 2.24) is 14.8 Å². The Morgan fingerprint density at radius 1 is 1.31 bits per heavy atom. The van der Waals surface area contributed by atoms with Crippen LogP contribution in [-0.4, -0.2) is 48.9 Å². The first-order valence-electron chi connectivity index (χ1n) is 4.97. The Balaban J connectivity index is 2.27. The second-order valence-electron chi connectivity index (χ2n) is 3.59. The van der Waals surface area contributed by atoms with Gasteiger partial charge < -0.3 is 15.4 Å². The maximum absolute atomic E-state index is 9.01. The quantitative estimate of drug-likeness (QED) is 0.612. The molecule has 1 aromatic rings. The molecule has 2 heterocycles. The number of nitrogens with two attached hydrogens (primary N) is 1. The number of piperazine rings is 1. The molecule has 0 unspecified atom stereocenters. The van der Waals surface area contributed by atoms with Gasteiger partial charge in [0, 0.05) is 26.2 Å². The average molecular weight is 214 g/mol. The lowest BCUT2D eigenvalue weighted by Crippen LogP contribution is -2.45. The van der Waals surface area contributed by atoms with Gasteiger partial charge in [0.25, 0.3) is 0 Å². The van der Waals surface area contributed by atoms with Crippen molar-refractivity contribution in [2.24, 2.45) is 0 Å². The largest absolute Gasteiger partial charge is 0.382 e. The lowest BCUT2D eigenvalue weighted by Gasteiger charge is -2.33. The summed E-state index contributed by atoms with van der Waals surface area (Å²) in [6.45, 7) is 2.97. The third-order valence-corrected chi connectivity index (χ3v) is 2.58. The molecule has 1 aliphatic heterocycles. The molecule has 7 heteroatoms. The molecule has 2 N–H and O–H groups in total. The maximum atomic E-state index is 9.01. The predicted molar refractivity (Wildman–Crippen MR) is 60.7 cm³/mol. The second kappa shape index (κ2) is 4.37. The highest BCUT2D eigenvalue weighted by molar-refractivity contribution is 6.04. The van der Waals surface area contributed by atoms with Gasteiger partial charge in [0.1, 0.15) is 23.8 Å². The van der Waals surface area contributed by atoms with E-state index in [0.29, 0.717) is 11.4 Å². The van der Waals surface area contributed by atoms with E-state index in [1.807, 2.05) is 11.0 Å². The molecule has 0 bridgehead atoms. The number of hydrogen-bond acceptors (Lipinski definition) is 6. The molecule has 1 fully saturated rings. The van der Waals surface area contributed by atoms with Gasteiger partial charge in [0.2, 0.25) is 0 Å². The van der Waals surface area contributed by atoms with Crippen LogP contribution >= 0.6 is 0 Å². The number of nitrogen functional groups attached to an aromatic ring is 1. The summed E-state index contributed by atoms with van der Waals surface area (Å²) in [5.41, 5.74) is 5.97. The van der Waals surface area contributed by atoms with Crippen LogP contribution in [0.1, 0.15) is 5.56 Å². The lowest BCUT2D eigenvalue weighted by atomic mass is 10.2. The smallest absolute Gasteiger partial charge is 0.182 e. The number of nitrogens with zero attached hydrogens (tertiary/aromatic N) is 5. The summed E-state index contributed by atoms with van der Waals surface area (Å²) in [5, 5.41) is 9.01. The third-order valence-electron chi connectivity index (χ3n) is 2.58. The fraction of sp³-hybridized carbons (Fsp3) is 0.444. The molecule has 6 nitrogen and oxygen atoms in total. The van der Waals surface area contributed by atoms with Gasteiger partial charge in [-0.3, -0.25) is 0 Å². The van der Waals surface area contributed by atoms with Crippen molar-refractivity contribution in [3.05, 3.63) is 11.9 Å². The summed E-state index contributed by atoms with van der Waals surface area (Å²) in [4.78, 5) is 11.7. The summed E-state index contributed by atoms with van der Waals surface area (Å²) >= 11 is 0. The standard InChI is InChI=1S/C9H11BN6/c10-16-3-1-15(2-4-16)9-7(5-11)8(12)13-6-14-9/h6H,1-4H2,(H2,12,13,14). The molecule has 0 aromatic carbocycles.